The van der Waals surface area contributed by atoms with Gasteiger partial charge in [0.1, 0.15) is 0 Å². The molecule has 0 spiro atoms. The van der Waals surface area contributed by atoms with E-state index < -0.39 is 0 Å². The summed E-state index contributed by atoms with van der Waals surface area (Å²) in [6.07, 6.45) is 7.80. The maximum atomic E-state index is 12.1. The largest absolute Gasteiger partial charge is 0.351 e. The Hall–Kier alpha value is -1.59. The van der Waals surface area contributed by atoms with Gasteiger partial charge in [0.05, 0.1) is 0 Å². The van der Waals surface area contributed by atoms with Crippen molar-refractivity contribution in [1.29, 1.82) is 0 Å². The van der Waals surface area contributed by atoms with Gasteiger partial charge in [0, 0.05) is 44.4 Å². The summed E-state index contributed by atoms with van der Waals surface area (Å²) >= 11 is 0. The van der Waals surface area contributed by atoms with Crippen molar-refractivity contribution in [3.63, 3.8) is 0 Å². The summed E-state index contributed by atoms with van der Waals surface area (Å²) in [7, 11) is 3.43. The molecule has 2 amide bonds. The summed E-state index contributed by atoms with van der Waals surface area (Å²) in [5, 5.41) is 6.47. The van der Waals surface area contributed by atoms with Crippen LogP contribution in [0.25, 0.3) is 0 Å². The third-order valence-electron chi connectivity index (χ3n) is 4.50. The Morgan fingerprint density at radius 3 is 2.08 bits per heavy atom. The third kappa shape index (κ3) is 7.04. The van der Waals surface area contributed by atoms with Gasteiger partial charge in [-0.1, -0.05) is 25.7 Å². The van der Waals surface area contributed by atoms with Gasteiger partial charge in [-0.15, -0.1) is 12.4 Å². The number of amides is 2. The molecule has 2 rings (SSSR count). The molecule has 1 fully saturated rings. The Labute approximate surface area is 157 Å². The van der Waals surface area contributed by atoms with Gasteiger partial charge in [-0.2, -0.15) is 0 Å². The van der Waals surface area contributed by atoms with Gasteiger partial charge >= 0.3 is 0 Å². The van der Waals surface area contributed by atoms with Crippen molar-refractivity contribution in [3.05, 3.63) is 35.4 Å². The molecule has 1 aliphatic rings. The number of nitrogens with one attached hydrogen (secondary N) is 2. The van der Waals surface area contributed by atoms with Crippen LogP contribution in [0, 0.1) is 0 Å². The fourth-order valence-corrected chi connectivity index (χ4v) is 3.06. The molecule has 140 valence electrons. The van der Waals surface area contributed by atoms with Crippen LogP contribution in [-0.2, 0) is 0 Å². The summed E-state index contributed by atoms with van der Waals surface area (Å²) in [5.74, 6) is -0.156. The zero-order chi connectivity index (χ0) is 17.4. The smallest absolute Gasteiger partial charge is 0.253 e. The highest BCUT2D eigenvalue weighted by molar-refractivity contribution is 5.97. The number of rotatable bonds is 6. The lowest BCUT2D eigenvalue weighted by Crippen LogP contribution is -2.36. The Morgan fingerprint density at radius 2 is 1.52 bits per heavy atom. The van der Waals surface area contributed by atoms with E-state index in [1.54, 1.807) is 38.4 Å². The predicted molar refractivity (Wildman–Crippen MR) is 104 cm³/mol. The molecule has 0 atom stereocenters. The summed E-state index contributed by atoms with van der Waals surface area (Å²) < 4.78 is 0. The number of carbonyl (C=O) groups excluding carboxylic acids is 2. The molecule has 1 aliphatic carbocycles. The summed E-state index contributed by atoms with van der Waals surface area (Å²) in [5.41, 5.74) is 1.17. The number of hydrogen-bond acceptors (Lipinski definition) is 3. The minimum atomic E-state index is -0.0958. The average molecular weight is 368 g/mol. The second-order valence-corrected chi connectivity index (χ2v) is 6.68. The van der Waals surface area contributed by atoms with Crippen LogP contribution in [0.2, 0.25) is 0 Å². The molecule has 2 N–H and O–H groups in total. The topological polar surface area (TPSA) is 61.4 Å². The number of hydrogen-bond donors (Lipinski definition) is 2. The van der Waals surface area contributed by atoms with E-state index in [1.165, 1.54) is 43.4 Å². The quantitative estimate of drug-likeness (QED) is 0.600. The Kier molecular flexibility index (Phi) is 9.53. The van der Waals surface area contributed by atoms with Crippen molar-refractivity contribution in [2.45, 2.75) is 44.6 Å². The van der Waals surface area contributed by atoms with Gasteiger partial charge in [0.2, 0.25) is 0 Å². The molecular weight excluding hydrogens is 338 g/mol. The van der Waals surface area contributed by atoms with Crippen molar-refractivity contribution in [2.75, 3.05) is 27.2 Å². The SMILES string of the molecule is CN(C)C(=O)c1ccc(C(=O)NCCNC2CCCCCC2)cc1.Cl. The van der Waals surface area contributed by atoms with Crippen LogP contribution in [0.5, 0.6) is 0 Å². The first-order chi connectivity index (χ1) is 11.6. The first-order valence-corrected chi connectivity index (χ1v) is 8.91. The summed E-state index contributed by atoms with van der Waals surface area (Å²) in [6, 6.07) is 7.39. The molecule has 6 heteroatoms. The molecule has 0 saturated heterocycles. The first-order valence-electron chi connectivity index (χ1n) is 8.91. The molecule has 0 heterocycles. The Bertz CT molecular complexity index is 538. The van der Waals surface area contributed by atoms with Crippen molar-refractivity contribution < 1.29 is 9.59 Å². The van der Waals surface area contributed by atoms with Crippen molar-refractivity contribution >= 4 is 24.2 Å². The lowest BCUT2D eigenvalue weighted by atomic mass is 10.1. The molecule has 0 radical (unpaired) electrons. The lowest BCUT2D eigenvalue weighted by molar-refractivity contribution is 0.0826. The zero-order valence-corrected chi connectivity index (χ0v) is 16.0. The van der Waals surface area contributed by atoms with Crippen LogP contribution in [0.3, 0.4) is 0 Å². The van der Waals surface area contributed by atoms with Crippen LogP contribution in [0.1, 0.15) is 59.2 Å². The fraction of sp³-hybridized carbons (Fsp3) is 0.579. The number of nitrogens with zero attached hydrogens (tertiary/aromatic N) is 1. The number of carbonyl (C=O) groups is 2. The molecule has 0 aromatic heterocycles. The van der Waals surface area contributed by atoms with Crippen molar-refractivity contribution in [3.8, 4) is 0 Å². The van der Waals surface area contributed by atoms with Crippen LogP contribution < -0.4 is 10.6 Å². The van der Waals surface area contributed by atoms with Gasteiger partial charge in [-0.05, 0) is 37.1 Å². The predicted octanol–water partition coefficient (Wildman–Crippen LogP) is 2.85. The lowest BCUT2D eigenvalue weighted by Gasteiger charge is -2.16. The molecule has 1 saturated carbocycles. The van der Waals surface area contributed by atoms with E-state index in [-0.39, 0.29) is 24.2 Å². The molecule has 0 aliphatic heterocycles. The van der Waals surface area contributed by atoms with E-state index in [2.05, 4.69) is 10.6 Å². The Balaban J connectivity index is 0.00000312. The molecule has 1 aromatic carbocycles. The highest BCUT2D eigenvalue weighted by Crippen LogP contribution is 2.16. The Morgan fingerprint density at radius 1 is 0.960 bits per heavy atom. The summed E-state index contributed by atoms with van der Waals surface area (Å²) in [6.45, 7) is 1.42. The van der Waals surface area contributed by atoms with Crippen molar-refractivity contribution in [2.24, 2.45) is 0 Å². The van der Waals surface area contributed by atoms with E-state index in [1.807, 2.05) is 0 Å². The first kappa shape index (κ1) is 21.5. The fourth-order valence-electron chi connectivity index (χ4n) is 3.06. The molecule has 0 bridgehead atoms. The zero-order valence-electron chi connectivity index (χ0n) is 15.2. The molecule has 1 aromatic rings. The van der Waals surface area contributed by atoms with Gasteiger partial charge in [-0.3, -0.25) is 9.59 Å². The number of halogens is 1. The van der Waals surface area contributed by atoms with Crippen LogP contribution in [0.15, 0.2) is 24.3 Å². The van der Waals surface area contributed by atoms with Gasteiger partial charge in [-0.25, -0.2) is 0 Å². The molecule has 25 heavy (non-hydrogen) atoms. The van der Waals surface area contributed by atoms with E-state index in [4.69, 9.17) is 0 Å². The monoisotopic (exact) mass is 367 g/mol. The minimum Gasteiger partial charge on any atom is -0.351 e. The summed E-state index contributed by atoms with van der Waals surface area (Å²) in [4.78, 5) is 25.5. The van der Waals surface area contributed by atoms with Gasteiger partial charge in [0.15, 0.2) is 0 Å². The molecular formula is C19H30ClN3O2. The average Bonchev–Trinajstić information content (AvgIpc) is 2.86. The van der Waals surface area contributed by atoms with Crippen LogP contribution in [0.4, 0.5) is 0 Å². The van der Waals surface area contributed by atoms with E-state index >= 15 is 0 Å². The second kappa shape index (κ2) is 11.1. The minimum absolute atomic E-state index is 0. The molecule has 5 nitrogen and oxygen atoms in total. The molecule has 0 unspecified atom stereocenters. The third-order valence-corrected chi connectivity index (χ3v) is 4.50. The van der Waals surface area contributed by atoms with Crippen LogP contribution >= 0.6 is 12.4 Å². The van der Waals surface area contributed by atoms with E-state index in [0.29, 0.717) is 23.7 Å². The standard InChI is InChI=1S/C19H29N3O2.ClH/c1-22(2)19(24)16-11-9-15(10-12-16)18(23)21-14-13-20-17-7-5-3-4-6-8-17;/h9-12,17,20H,3-8,13-14H2,1-2H3,(H,21,23);1H. The second-order valence-electron chi connectivity index (χ2n) is 6.68. The number of benzene rings is 1. The highest BCUT2D eigenvalue weighted by atomic mass is 35.5. The van der Waals surface area contributed by atoms with Gasteiger partial charge in [0.25, 0.3) is 11.8 Å². The normalized spacial score (nSPS) is 15.0. The van der Waals surface area contributed by atoms with Crippen LogP contribution in [-0.4, -0.2) is 49.9 Å². The highest BCUT2D eigenvalue weighted by Gasteiger charge is 2.12. The van der Waals surface area contributed by atoms with Crippen molar-refractivity contribution in [1.82, 2.24) is 15.5 Å². The van der Waals surface area contributed by atoms with Gasteiger partial charge < -0.3 is 15.5 Å². The van der Waals surface area contributed by atoms with E-state index in [0.717, 1.165) is 6.54 Å². The maximum Gasteiger partial charge on any atom is 0.253 e. The maximum absolute atomic E-state index is 12.1. The van der Waals surface area contributed by atoms with E-state index in [9.17, 15) is 9.59 Å².